The molecule has 1 amide bonds. The van der Waals surface area contributed by atoms with E-state index in [0.717, 1.165) is 22.3 Å². The van der Waals surface area contributed by atoms with Crippen LogP contribution in [-0.4, -0.2) is 33.9 Å². The second-order valence-corrected chi connectivity index (χ2v) is 5.17. The zero-order valence-corrected chi connectivity index (χ0v) is 11.1. The lowest BCUT2D eigenvalue weighted by atomic mass is 10.1. The van der Waals surface area contributed by atoms with Crippen LogP contribution in [0.4, 0.5) is 5.69 Å². The van der Waals surface area contributed by atoms with E-state index >= 15 is 0 Å². The number of fused-ring (bicyclic) bond motifs is 1. The summed E-state index contributed by atoms with van der Waals surface area (Å²) in [6.45, 7) is 2.68. The first-order chi connectivity index (χ1) is 9.10. The molecule has 5 heteroatoms. The van der Waals surface area contributed by atoms with Crippen LogP contribution in [0.5, 0.6) is 0 Å². The van der Waals surface area contributed by atoms with Crippen molar-refractivity contribution in [3.05, 3.63) is 23.9 Å². The topological polar surface area (TPSA) is 58.4 Å². The molecule has 1 aromatic carbocycles. The lowest BCUT2D eigenvalue weighted by Gasteiger charge is -2.16. The fourth-order valence-electron chi connectivity index (χ4n) is 2.64. The summed E-state index contributed by atoms with van der Waals surface area (Å²) < 4.78 is 1.84. The number of amides is 1. The maximum Gasteiger partial charge on any atom is 0.227 e. The van der Waals surface area contributed by atoms with Crippen molar-refractivity contribution in [1.82, 2.24) is 9.78 Å². The SMILES string of the molecule is Cc1c2ccc(N3CC(CO)CC3=O)cc2nn1C. The monoisotopic (exact) mass is 259 g/mol. The number of carbonyl (C=O) groups is 1. The van der Waals surface area contributed by atoms with Gasteiger partial charge in [-0.3, -0.25) is 9.48 Å². The normalized spacial score (nSPS) is 19.6. The van der Waals surface area contributed by atoms with Crippen molar-refractivity contribution < 1.29 is 9.90 Å². The fourth-order valence-corrected chi connectivity index (χ4v) is 2.64. The molecule has 0 saturated carbocycles. The van der Waals surface area contributed by atoms with Crippen LogP contribution in [0.3, 0.4) is 0 Å². The molecule has 1 saturated heterocycles. The Morgan fingerprint density at radius 3 is 2.95 bits per heavy atom. The average molecular weight is 259 g/mol. The molecule has 0 radical (unpaired) electrons. The van der Waals surface area contributed by atoms with Crippen LogP contribution < -0.4 is 4.90 Å². The van der Waals surface area contributed by atoms with Crippen LogP contribution in [0.25, 0.3) is 10.9 Å². The summed E-state index contributed by atoms with van der Waals surface area (Å²) in [6, 6.07) is 5.90. The average Bonchev–Trinajstić information content (AvgIpc) is 2.91. The number of nitrogens with zero attached hydrogens (tertiary/aromatic N) is 3. The van der Waals surface area contributed by atoms with Crippen molar-refractivity contribution in [3.8, 4) is 0 Å². The van der Waals surface area contributed by atoms with Gasteiger partial charge in [-0.1, -0.05) is 0 Å². The smallest absolute Gasteiger partial charge is 0.227 e. The quantitative estimate of drug-likeness (QED) is 0.882. The summed E-state index contributed by atoms with van der Waals surface area (Å²) in [5, 5.41) is 14.7. The van der Waals surface area contributed by atoms with Crippen molar-refractivity contribution in [1.29, 1.82) is 0 Å². The molecule has 100 valence electrons. The van der Waals surface area contributed by atoms with Gasteiger partial charge in [0.25, 0.3) is 0 Å². The highest BCUT2D eigenvalue weighted by Gasteiger charge is 2.30. The van der Waals surface area contributed by atoms with Crippen molar-refractivity contribution in [2.45, 2.75) is 13.3 Å². The summed E-state index contributed by atoms with van der Waals surface area (Å²) in [5.74, 6) is 0.125. The van der Waals surface area contributed by atoms with E-state index in [1.165, 1.54) is 0 Å². The fraction of sp³-hybridized carbons (Fsp3) is 0.429. The number of aliphatic hydroxyl groups is 1. The molecule has 19 heavy (non-hydrogen) atoms. The van der Waals surface area contributed by atoms with Gasteiger partial charge >= 0.3 is 0 Å². The number of benzene rings is 1. The van der Waals surface area contributed by atoms with E-state index in [1.807, 2.05) is 36.9 Å². The second-order valence-electron chi connectivity index (χ2n) is 5.17. The van der Waals surface area contributed by atoms with Gasteiger partial charge in [0.05, 0.1) is 5.52 Å². The van der Waals surface area contributed by atoms with Crippen LogP contribution in [0, 0.1) is 12.8 Å². The Balaban J connectivity index is 2.00. The first kappa shape index (κ1) is 12.2. The van der Waals surface area contributed by atoms with Gasteiger partial charge in [-0.15, -0.1) is 0 Å². The van der Waals surface area contributed by atoms with Gasteiger partial charge in [0, 0.05) is 49.3 Å². The minimum atomic E-state index is 0.0497. The minimum absolute atomic E-state index is 0.0497. The standard InChI is InChI=1S/C14H17N3O2/c1-9-12-4-3-11(6-13(12)15-16(9)2)17-7-10(8-18)5-14(17)19/h3-4,6,10,18H,5,7-8H2,1-2H3. The largest absolute Gasteiger partial charge is 0.396 e. The van der Waals surface area contributed by atoms with E-state index in [4.69, 9.17) is 5.11 Å². The maximum atomic E-state index is 11.9. The zero-order chi connectivity index (χ0) is 13.6. The molecular formula is C14H17N3O2. The van der Waals surface area contributed by atoms with Crippen molar-refractivity contribution in [2.24, 2.45) is 13.0 Å². The van der Waals surface area contributed by atoms with Gasteiger partial charge in [0.2, 0.25) is 5.91 Å². The molecule has 1 aliphatic rings. The Kier molecular flexibility index (Phi) is 2.78. The molecule has 1 fully saturated rings. The zero-order valence-electron chi connectivity index (χ0n) is 11.1. The van der Waals surface area contributed by atoms with E-state index in [1.54, 1.807) is 4.90 Å². The molecular weight excluding hydrogens is 242 g/mol. The lowest BCUT2D eigenvalue weighted by Crippen LogP contribution is -2.24. The molecule has 1 aromatic heterocycles. The number of carbonyl (C=O) groups excluding carboxylic acids is 1. The van der Waals surface area contributed by atoms with Gasteiger partial charge < -0.3 is 10.0 Å². The second kappa shape index (κ2) is 4.35. The Hall–Kier alpha value is -1.88. The third-order valence-corrected chi connectivity index (χ3v) is 3.89. The van der Waals surface area contributed by atoms with E-state index < -0.39 is 0 Å². The predicted octanol–water partition coefficient (Wildman–Crippen LogP) is 1.23. The molecule has 0 bridgehead atoms. The molecule has 0 spiro atoms. The number of aryl methyl sites for hydroxylation is 2. The summed E-state index contributed by atoms with van der Waals surface area (Å²) in [5.41, 5.74) is 2.88. The first-order valence-electron chi connectivity index (χ1n) is 6.44. The van der Waals surface area contributed by atoms with Crippen LogP contribution in [0.2, 0.25) is 0 Å². The van der Waals surface area contributed by atoms with Gasteiger partial charge in [0.1, 0.15) is 0 Å². The van der Waals surface area contributed by atoms with Gasteiger partial charge in [-0.25, -0.2) is 0 Å². The minimum Gasteiger partial charge on any atom is -0.396 e. The Bertz CT molecular complexity index is 647. The van der Waals surface area contributed by atoms with E-state index in [0.29, 0.717) is 13.0 Å². The van der Waals surface area contributed by atoms with Crippen LogP contribution in [-0.2, 0) is 11.8 Å². The summed E-state index contributed by atoms with van der Waals surface area (Å²) in [7, 11) is 1.91. The van der Waals surface area contributed by atoms with Crippen LogP contribution in [0.15, 0.2) is 18.2 Å². The van der Waals surface area contributed by atoms with Crippen LogP contribution >= 0.6 is 0 Å². The summed E-state index contributed by atoms with van der Waals surface area (Å²) in [6.07, 6.45) is 0.426. The molecule has 2 aromatic rings. The Labute approximate surface area is 111 Å². The Morgan fingerprint density at radius 1 is 1.47 bits per heavy atom. The van der Waals surface area contributed by atoms with E-state index in [2.05, 4.69) is 5.10 Å². The summed E-state index contributed by atoms with van der Waals surface area (Å²) >= 11 is 0. The predicted molar refractivity (Wildman–Crippen MR) is 73.0 cm³/mol. The lowest BCUT2D eigenvalue weighted by molar-refractivity contribution is -0.117. The molecule has 1 atom stereocenters. The van der Waals surface area contributed by atoms with Crippen molar-refractivity contribution in [2.75, 3.05) is 18.1 Å². The van der Waals surface area contributed by atoms with E-state index in [-0.39, 0.29) is 18.4 Å². The number of hydrogen-bond donors (Lipinski definition) is 1. The van der Waals surface area contributed by atoms with E-state index in [9.17, 15) is 4.79 Å². The first-order valence-corrected chi connectivity index (χ1v) is 6.44. The van der Waals surface area contributed by atoms with Gasteiger partial charge in [-0.05, 0) is 25.1 Å². The highest BCUT2D eigenvalue weighted by atomic mass is 16.3. The van der Waals surface area contributed by atoms with Crippen molar-refractivity contribution >= 4 is 22.5 Å². The number of aromatic nitrogens is 2. The highest BCUT2D eigenvalue weighted by Crippen LogP contribution is 2.28. The number of anilines is 1. The van der Waals surface area contributed by atoms with Crippen LogP contribution in [0.1, 0.15) is 12.1 Å². The number of hydrogen-bond acceptors (Lipinski definition) is 3. The maximum absolute atomic E-state index is 11.9. The molecule has 1 aliphatic heterocycles. The van der Waals surface area contributed by atoms with Gasteiger partial charge in [-0.2, -0.15) is 5.10 Å². The van der Waals surface area contributed by atoms with Gasteiger partial charge in [0.15, 0.2) is 0 Å². The van der Waals surface area contributed by atoms with Crippen molar-refractivity contribution in [3.63, 3.8) is 0 Å². The number of aliphatic hydroxyl groups excluding tert-OH is 1. The molecule has 2 heterocycles. The third-order valence-electron chi connectivity index (χ3n) is 3.89. The molecule has 1 unspecified atom stereocenters. The summed E-state index contributed by atoms with van der Waals surface area (Å²) in [4.78, 5) is 13.7. The molecule has 5 nitrogen and oxygen atoms in total. The molecule has 0 aliphatic carbocycles. The highest BCUT2D eigenvalue weighted by molar-refractivity contribution is 5.98. The molecule has 3 rings (SSSR count). The Morgan fingerprint density at radius 2 is 2.26 bits per heavy atom. The molecule has 1 N–H and O–H groups in total. The third kappa shape index (κ3) is 1.90. The number of rotatable bonds is 2.